The number of carbonyl (C=O) groups is 1. The summed E-state index contributed by atoms with van der Waals surface area (Å²) in [6.45, 7) is 7.31. The van der Waals surface area contributed by atoms with Gasteiger partial charge in [-0.2, -0.15) is 0 Å². The molecule has 0 aromatic heterocycles. The molecule has 0 saturated heterocycles. The van der Waals surface area contributed by atoms with Crippen LogP contribution in [0, 0.1) is 0 Å². The second-order valence-corrected chi connectivity index (χ2v) is 9.12. The Hall–Kier alpha value is -2.34. The summed E-state index contributed by atoms with van der Waals surface area (Å²) in [4.78, 5) is 14.9. The van der Waals surface area contributed by atoms with E-state index >= 15 is 0 Å². The molecule has 150 valence electrons. The quantitative estimate of drug-likeness (QED) is 0.703. The molecule has 6 heteroatoms. The van der Waals surface area contributed by atoms with Gasteiger partial charge in [-0.25, -0.2) is 8.42 Å². The summed E-state index contributed by atoms with van der Waals surface area (Å²) >= 11 is 0. The molecule has 1 atom stereocenters. The van der Waals surface area contributed by atoms with E-state index in [4.69, 9.17) is 0 Å². The Kier molecular flexibility index (Phi) is 6.08. The Morgan fingerprint density at radius 1 is 1.07 bits per heavy atom. The average Bonchev–Trinajstić information content (AvgIpc) is 3.03. The lowest BCUT2D eigenvalue weighted by Gasteiger charge is -2.25. The predicted molar refractivity (Wildman–Crippen MR) is 112 cm³/mol. The van der Waals surface area contributed by atoms with E-state index in [1.165, 1.54) is 10.4 Å². The number of fused-ring (bicyclic) bond motifs is 1. The van der Waals surface area contributed by atoms with Gasteiger partial charge in [-0.05, 0) is 56.0 Å². The molecule has 2 aromatic rings. The van der Waals surface area contributed by atoms with Gasteiger partial charge in [-0.1, -0.05) is 38.1 Å². The summed E-state index contributed by atoms with van der Waals surface area (Å²) in [5, 5.41) is 0. The van der Waals surface area contributed by atoms with Crippen LogP contribution in [0.3, 0.4) is 0 Å². The number of anilines is 1. The van der Waals surface area contributed by atoms with Crippen molar-refractivity contribution in [2.45, 2.75) is 51.0 Å². The van der Waals surface area contributed by atoms with Crippen molar-refractivity contribution in [2.24, 2.45) is 0 Å². The average molecular weight is 401 g/mol. The third kappa shape index (κ3) is 3.78. The van der Waals surface area contributed by atoms with Gasteiger partial charge in [0.05, 0.1) is 10.6 Å². The van der Waals surface area contributed by atoms with Crippen LogP contribution >= 0.6 is 0 Å². The van der Waals surface area contributed by atoms with Crippen LogP contribution in [-0.4, -0.2) is 38.4 Å². The standard InChI is InChI=1S/C22H28N2O3S/c1-4-13-23(14-5-2)22(25)19-10-8-11-20(16-19)28(26,27)24-17(3)15-18-9-6-7-12-21(18)24/h6-12,16-17H,4-5,13-15H2,1-3H3. The molecule has 0 saturated carbocycles. The molecular formula is C22H28N2O3S. The van der Waals surface area contributed by atoms with Gasteiger partial charge in [0.25, 0.3) is 15.9 Å². The summed E-state index contributed by atoms with van der Waals surface area (Å²) in [5.41, 5.74) is 2.18. The van der Waals surface area contributed by atoms with Gasteiger partial charge in [-0.15, -0.1) is 0 Å². The monoisotopic (exact) mass is 400 g/mol. The van der Waals surface area contributed by atoms with Crippen molar-refractivity contribution in [2.75, 3.05) is 17.4 Å². The molecule has 1 aliphatic rings. The maximum Gasteiger partial charge on any atom is 0.264 e. The third-order valence-corrected chi connectivity index (χ3v) is 6.98. The van der Waals surface area contributed by atoms with E-state index in [0.717, 1.165) is 24.1 Å². The van der Waals surface area contributed by atoms with E-state index in [1.807, 2.05) is 45.0 Å². The second kappa shape index (κ2) is 8.35. The van der Waals surface area contributed by atoms with Crippen LogP contribution < -0.4 is 4.31 Å². The molecule has 28 heavy (non-hydrogen) atoms. The first-order chi connectivity index (χ1) is 13.4. The number of para-hydroxylation sites is 1. The Labute approximate surface area is 168 Å². The SMILES string of the molecule is CCCN(CCC)C(=O)c1cccc(S(=O)(=O)N2c3ccccc3CC2C)c1. The van der Waals surface area contributed by atoms with E-state index in [1.54, 1.807) is 23.1 Å². The van der Waals surface area contributed by atoms with E-state index in [9.17, 15) is 13.2 Å². The lowest BCUT2D eigenvalue weighted by molar-refractivity contribution is 0.0755. The highest BCUT2D eigenvalue weighted by Gasteiger charge is 2.36. The van der Waals surface area contributed by atoms with Gasteiger partial charge < -0.3 is 4.90 Å². The zero-order chi connectivity index (χ0) is 20.3. The van der Waals surface area contributed by atoms with Gasteiger partial charge in [0, 0.05) is 24.7 Å². The van der Waals surface area contributed by atoms with Gasteiger partial charge in [0.2, 0.25) is 0 Å². The zero-order valence-electron chi connectivity index (χ0n) is 16.8. The summed E-state index contributed by atoms with van der Waals surface area (Å²) in [6.07, 6.45) is 2.42. The topological polar surface area (TPSA) is 57.7 Å². The Balaban J connectivity index is 1.96. The number of benzene rings is 2. The predicted octanol–water partition coefficient (Wildman–Crippen LogP) is 4.09. The highest BCUT2D eigenvalue weighted by atomic mass is 32.2. The van der Waals surface area contributed by atoms with Crippen molar-refractivity contribution in [3.63, 3.8) is 0 Å². The van der Waals surface area contributed by atoms with Gasteiger partial charge in [-0.3, -0.25) is 9.10 Å². The number of hydrogen-bond acceptors (Lipinski definition) is 3. The fourth-order valence-corrected chi connectivity index (χ4v) is 5.58. The minimum absolute atomic E-state index is 0.115. The van der Waals surface area contributed by atoms with Crippen LogP contribution in [0.25, 0.3) is 0 Å². The van der Waals surface area contributed by atoms with Gasteiger partial charge in [0.15, 0.2) is 0 Å². The molecular weight excluding hydrogens is 372 g/mol. The third-order valence-electron chi connectivity index (χ3n) is 5.06. The van der Waals surface area contributed by atoms with Crippen LogP contribution in [0.1, 0.15) is 49.5 Å². The molecule has 1 amide bonds. The second-order valence-electron chi connectivity index (χ2n) is 7.30. The summed E-state index contributed by atoms with van der Waals surface area (Å²) in [5.74, 6) is -0.115. The molecule has 0 fully saturated rings. The number of carbonyl (C=O) groups excluding carboxylic acids is 1. The molecule has 0 aliphatic carbocycles. The van der Waals surface area contributed by atoms with Crippen molar-refractivity contribution in [3.05, 3.63) is 59.7 Å². The first-order valence-corrected chi connectivity index (χ1v) is 11.4. The van der Waals surface area contributed by atoms with Crippen molar-refractivity contribution >= 4 is 21.6 Å². The minimum Gasteiger partial charge on any atom is -0.339 e. The molecule has 5 nitrogen and oxygen atoms in total. The Morgan fingerprint density at radius 3 is 2.43 bits per heavy atom. The first-order valence-electron chi connectivity index (χ1n) is 9.91. The summed E-state index contributed by atoms with van der Waals surface area (Å²) in [7, 11) is -3.74. The van der Waals surface area contributed by atoms with E-state index < -0.39 is 10.0 Å². The highest BCUT2D eigenvalue weighted by Crippen LogP contribution is 2.36. The zero-order valence-corrected chi connectivity index (χ0v) is 17.6. The van der Waals surface area contributed by atoms with E-state index in [-0.39, 0.29) is 16.8 Å². The lowest BCUT2D eigenvalue weighted by atomic mass is 10.1. The summed E-state index contributed by atoms with van der Waals surface area (Å²) < 4.78 is 28.3. The largest absolute Gasteiger partial charge is 0.339 e. The maximum atomic E-state index is 13.4. The molecule has 1 aliphatic heterocycles. The fourth-order valence-electron chi connectivity index (χ4n) is 3.84. The van der Waals surface area contributed by atoms with Crippen molar-refractivity contribution in [1.29, 1.82) is 0 Å². The number of nitrogens with zero attached hydrogens (tertiary/aromatic N) is 2. The molecule has 0 spiro atoms. The molecule has 3 rings (SSSR count). The molecule has 0 N–H and O–H groups in total. The minimum atomic E-state index is -3.74. The van der Waals surface area contributed by atoms with Crippen LogP contribution in [0.2, 0.25) is 0 Å². The molecule has 1 heterocycles. The lowest BCUT2D eigenvalue weighted by Crippen LogP contribution is -2.36. The Morgan fingerprint density at radius 2 is 1.75 bits per heavy atom. The molecule has 0 radical (unpaired) electrons. The van der Waals surface area contributed by atoms with Crippen LogP contribution in [0.4, 0.5) is 5.69 Å². The van der Waals surface area contributed by atoms with Crippen LogP contribution in [0.15, 0.2) is 53.4 Å². The smallest absolute Gasteiger partial charge is 0.264 e. The molecule has 0 bridgehead atoms. The fraction of sp³-hybridized carbons (Fsp3) is 0.409. The number of hydrogen-bond donors (Lipinski definition) is 0. The highest BCUT2D eigenvalue weighted by molar-refractivity contribution is 7.92. The molecule has 1 unspecified atom stereocenters. The van der Waals surface area contributed by atoms with E-state index in [0.29, 0.717) is 25.1 Å². The van der Waals surface area contributed by atoms with Crippen LogP contribution in [-0.2, 0) is 16.4 Å². The number of amides is 1. The number of sulfonamides is 1. The van der Waals surface area contributed by atoms with Gasteiger partial charge >= 0.3 is 0 Å². The van der Waals surface area contributed by atoms with Crippen LogP contribution in [0.5, 0.6) is 0 Å². The van der Waals surface area contributed by atoms with Gasteiger partial charge in [0.1, 0.15) is 0 Å². The first kappa shape index (κ1) is 20.4. The van der Waals surface area contributed by atoms with Crippen molar-refractivity contribution in [3.8, 4) is 0 Å². The normalized spacial score (nSPS) is 16.1. The van der Waals surface area contributed by atoms with Crippen molar-refractivity contribution in [1.82, 2.24) is 4.90 Å². The van der Waals surface area contributed by atoms with Crippen molar-refractivity contribution < 1.29 is 13.2 Å². The number of rotatable bonds is 7. The van der Waals surface area contributed by atoms with E-state index in [2.05, 4.69) is 0 Å². The molecule has 2 aromatic carbocycles. The Bertz CT molecular complexity index is 950. The summed E-state index contributed by atoms with van der Waals surface area (Å²) in [6, 6.07) is 13.9. The maximum absolute atomic E-state index is 13.4.